The van der Waals surface area contributed by atoms with E-state index in [0.29, 0.717) is 17.2 Å². The summed E-state index contributed by atoms with van der Waals surface area (Å²) in [5.74, 6) is 1.04. The number of anilines is 1. The van der Waals surface area contributed by atoms with E-state index in [0.717, 1.165) is 0 Å². The van der Waals surface area contributed by atoms with Crippen LogP contribution in [0.25, 0.3) is 0 Å². The molecule has 0 unspecified atom stereocenters. The fourth-order valence-corrected chi connectivity index (χ4v) is 1.84. The highest BCUT2D eigenvalue weighted by atomic mass is 35.5. The van der Waals surface area contributed by atoms with Gasteiger partial charge in [-0.15, -0.1) is 0 Å². The van der Waals surface area contributed by atoms with Crippen LogP contribution in [0.3, 0.4) is 0 Å². The third-order valence-electron chi connectivity index (χ3n) is 2.66. The van der Waals surface area contributed by atoms with E-state index in [1.165, 1.54) is 0 Å². The lowest BCUT2D eigenvalue weighted by Crippen LogP contribution is -2.01. The molecule has 0 saturated carbocycles. The normalized spacial score (nSPS) is 8.96. The lowest BCUT2D eigenvalue weighted by atomic mass is 10.2. The van der Waals surface area contributed by atoms with Crippen molar-refractivity contribution < 1.29 is 4.74 Å². The second-order valence-electron chi connectivity index (χ2n) is 4.14. The first-order chi connectivity index (χ1) is 11.2. The fraction of sp³-hybridized carbons (Fsp3) is 0. The average molecular weight is 322 g/mol. The second-order valence-corrected chi connectivity index (χ2v) is 4.55. The van der Waals surface area contributed by atoms with Gasteiger partial charge in [0.1, 0.15) is 35.4 Å². The first kappa shape index (κ1) is 15.9. The number of nitrogens with zero attached hydrogens (tertiary/aromatic N) is 4. The number of halogens is 1. The minimum Gasteiger partial charge on any atom is -0.456 e. The Morgan fingerprint density at radius 3 is 2.43 bits per heavy atom. The highest BCUT2D eigenvalue weighted by Crippen LogP contribution is 2.30. The van der Waals surface area contributed by atoms with Crippen LogP contribution in [0.15, 0.2) is 54.0 Å². The van der Waals surface area contributed by atoms with Gasteiger partial charge < -0.3 is 10.1 Å². The van der Waals surface area contributed by atoms with Crippen molar-refractivity contribution in [2.24, 2.45) is 0 Å². The molecule has 0 fully saturated rings. The zero-order chi connectivity index (χ0) is 16.7. The molecule has 110 valence electrons. The Labute approximate surface area is 137 Å². The molecule has 0 aliphatic heterocycles. The fourth-order valence-electron chi connectivity index (χ4n) is 1.62. The third-order valence-corrected chi connectivity index (χ3v) is 2.97. The van der Waals surface area contributed by atoms with E-state index in [1.54, 1.807) is 60.9 Å². The van der Waals surface area contributed by atoms with E-state index in [9.17, 15) is 0 Å². The van der Waals surface area contributed by atoms with Crippen molar-refractivity contribution in [2.75, 3.05) is 5.32 Å². The number of nitrogens with one attached hydrogen (secondary N) is 1. The minimum absolute atomic E-state index is 0.169. The van der Waals surface area contributed by atoms with Gasteiger partial charge in [-0.05, 0) is 24.3 Å². The van der Waals surface area contributed by atoms with Gasteiger partial charge in [0, 0.05) is 12.3 Å². The number of nitriles is 3. The van der Waals surface area contributed by atoms with Gasteiger partial charge in [-0.3, -0.25) is 4.98 Å². The topological polar surface area (TPSA) is 106 Å². The Morgan fingerprint density at radius 2 is 1.87 bits per heavy atom. The van der Waals surface area contributed by atoms with Gasteiger partial charge in [-0.25, -0.2) is 0 Å². The van der Waals surface area contributed by atoms with Crippen molar-refractivity contribution in [1.82, 2.24) is 4.98 Å². The van der Waals surface area contributed by atoms with Crippen LogP contribution in [0.5, 0.6) is 11.5 Å². The van der Waals surface area contributed by atoms with Crippen LogP contribution in [-0.4, -0.2) is 4.98 Å². The van der Waals surface area contributed by atoms with Gasteiger partial charge in [0.2, 0.25) is 0 Å². The van der Waals surface area contributed by atoms with Crippen LogP contribution >= 0.6 is 11.6 Å². The van der Waals surface area contributed by atoms with Crippen molar-refractivity contribution in [1.29, 1.82) is 15.8 Å². The van der Waals surface area contributed by atoms with Crippen LogP contribution in [0.1, 0.15) is 0 Å². The summed E-state index contributed by atoms with van der Waals surface area (Å²) in [7, 11) is 0. The Hall–Kier alpha value is -3.53. The summed E-state index contributed by atoms with van der Waals surface area (Å²) < 4.78 is 5.58. The van der Waals surface area contributed by atoms with E-state index in [1.807, 2.05) is 0 Å². The molecule has 2 aromatic rings. The molecular formula is C16H8ClN5O. The first-order valence-electron chi connectivity index (χ1n) is 6.27. The number of hydrogen-bond donors (Lipinski definition) is 1. The molecule has 6 nitrogen and oxygen atoms in total. The molecule has 0 saturated heterocycles. The van der Waals surface area contributed by atoms with Gasteiger partial charge in [-0.1, -0.05) is 11.6 Å². The van der Waals surface area contributed by atoms with Crippen LogP contribution in [0, 0.1) is 34.0 Å². The van der Waals surface area contributed by atoms with Crippen LogP contribution in [-0.2, 0) is 0 Å². The number of ether oxygens (including phenoxy) is 1. The number of aromatic nitrogens is 1. The molecule has 7 heteroatoms. The molecule has 1 aromatic carbocycles. The molecule has 2 rings (SSSR count). The molecule has 0 spiro atoms. The standard InChI is InChI=1S/C16H8ClN5O/c17-14-6-12(23-13-2-1-5-21-10-13)3-4-15(14)22-16(9-20)11(7-18)8-19/h1-6,10,22H. The Balaban J connectivity index is 2.24. The number of hydrogen-bond acceptors (Lipinski definition) is 6. The molecular weight excluding hydrogens is 314 g/mol. The third kappa shape index (κ3) is 3.98. The van der Waals surface area contributed by atoms with Crippen molar-refractivity contribution in [3.63, 3.8) is 0 Å². The second kappa shape index (κ2) is 7.47. The van der Waals surface area contributed by atoms with Crippen molar-refractivity contribution in [2.45, 2.75) is 0 Å². The number of rotatable bonds is 4. The molecule has 1 heterocycles. The monoisotopic (exact) mass is 321 g/mol. The van der Waals surface area contributed by atoms with Gasteiger partial charge in [0.05, 0.1) is 16.9 Å². The highest BCUT2D eigenvalue weighted by molar-refractivity contribution is 6.33. The predicted molar refractivity (Wildman–Crippen MR) is 83.3 cm³/mol. The number of allylic oxidation sites excluding steroid dienone is 2. The molecule has 0 aliphatic carbocycles. The van der Waals surface area contributed by atoms with Crippen LogP contribution in [0.4, 0.5) is 5.69 Å². The maximum Gasteiger partial charge on any atom is 0.163 e. The summed E-state index contributed by atoms with van der Waals surface area (Å²) in [5.41, 5.74) is -0.109. The summed E-state index contributed by atoms with van der Waals surface area (Å²) in [5, 5.41) is 29.6. The largest absolute Gasteiger partial charge is 0.456 e. The summed E-state index contributed by atoms with van der Waals surface area (Å²) in [6.07, 6.45) is 3.19. The molecule has 1 N–H and O–H groups in total. The molecule has 0 atom stereocenters. The Bertz CT molecular complexity index is 856. The van der Waals surface area contributed by atoms with E-state index in [-0.39, 0.29) is 16.3 Å². The summed E-state index contributed by atoms with van der Waals surface area (Å²) >= 11 is 6.13. The quantitative estimate of drug-likeness (QED) is 0.859. The van der Waals surface area contributed by atoms with Gasteiger partial charge in [0.25, 0.3) is 0 Å². The maximum absolute atomic E-state index is 9.01. The minimum atomic E-state index is -0.320. The van der Waals surface area contributed by atoms with Crippen molar-refractivity contribution in [3.8, 4) is 29.7 Å². The van der Waals surface area contributed by atoms with Crippen molar-refractivity contribution in [3.05, 3.63) is 59.0 Å². The van der Waals surface area contributed by atoms with Gasteiger partial charge in [-0.2, -0.15) is 15.8 Å². The zero-order valence-electron chi connectivity index (χ0n) is 11.6. The SMILES string of the molecule is N#CC(C#N)=C(C#N)Nc1ccc(Oc2cccnc2)cc1Cl. The number of pyridine rings is 1. The zero-order valence-corrected chi connectivity index (χ0v) is 12.4. The van der Waals surface area contributed by atoms with Crippen LogP contribution < -0.4 is 10.1 Å². The first-order valence-corrected chi connectivity index (χ1v) is 6.64. The van der Waals surface area contributed by atoms with E-state index < -0.39 is 0 Å². The molecule has 1 aromatic heterocycles. The van der Waals surface area contributed by atoms with E-state index in [2.05, 4.69) is 10.3 Å². The smallest absolute Gasteiger partial charge is 0.163 e. The van der Waals surface area contributed by atoms with E-state index >= 15 is 0 Å². The molecule has 0 amide bonds. The summed E-state index contributed by atoms with van der Waals surface area (Å²) in [6, 6.07) is 13.3. The Morgan fingerprint density at radius 1 is 1.09 bits per heavy atom. The van der Waals surface area contributed by atoms with Crippen LogP contribution in [0.2, 0.25) is 5.02 Å². The molecule has 0 bridgehead atoms. The lowest BCUT2D eigenvalue weighted by molar-refractivity contribution is 0.480. The number of benzene rings is 1. The molecule has 23 heavy (non-hydrogen) atoms. The predicted octanol–water partition coefficient (Wildman–Crippen LogP) is 3.76. The van der Waals surface area contributed by atoms with E-state index in [4.69, 9.17) is 32.1 Å². The summed E-state index contributed by atoms with van der Waals surface area (Å²) in [4.78, 5) is 3.94. The van der Waals surface area contributed by atoms with Gasteiger partial charge in [0.15, 0.2) is 5.57 Å². The Kier molecular flexibility index (Phi) is 5.15. The lowest BCUT2D eigenvalue weighted by Gasteiger charge is -2.10. The highest BCUT2D eigenvalue weighted by Gasteiger charge is 2.09. The molecule has 0 radical (unpaired) electrons. The summed E-state index contributed by atoms with van der Waals surface area (Å²) in [6.45, 7) is 0. The van der Waals surface area contributed by atoms with Crippen molar-refractivity contribution >= 4 is 17.3 Å². The molecule has 0 aliphatic rings. The average Bonchev–Trinajstić information content (AvgIpc) is 2.57. The maximum atomic E-state index is 9.01. The van der Waals surface area contributed by atoms with Gasteiger partial charge >= 0.3 is 0 Å².